The lowest BCUT2D eigenvalue weighted by Crippen LogP contribution is -2.07. The number of esters is 1. The molecule has 4 heteroatoms. The van der Waals surface area contributed by atoms with Crippen LogP contribution < -0.4 is 0 Å². The van der Waals surface area contributed by atoms with Crippen LogP contribution in [0.15, 0.2) is 18.2 Å². The molecule has 1 N–H and O–H groups in total. The molecule has 0 radical (unpaired) electrons. The number of hydrogen-bond donors (Lipinski definition) is 1. The van der Waals surface area contributed by atoms with Gasteiger partial charge in [-0.05, 0) is 42.5 Å². The normalized spacial score (nSPS) is 15.6. The standard InChI is InChI=1S/C14H16O4/c1-18-14(17)12-7-10(9-4-2-3-5-9)6-11(8-12)13(15)16/h6-9H,2-5H2,1H3,(H,15,16). The van der Waals surface area contributed by atoms with Crippen molar-refractivity contribution in [2.75, 3.05) is 7.11 Å². The monoisotopic (exact) mass is 248 g/mol. The Bertz CT molecular complexity index is 473. The average Bonchev–Trinajstić information content (AvgIpc) is 2.91. The van der Waals surface area contributed by atoms with Gasteiger partial charge in [-0.15, -0.1) is 0 Å². The highest BCUT2D eigenvalue weighted by atomic mass is 16.5. The van der Waals surface area contributed by atoms with E-state index < -0.39 is 11.9 Å². The molecule has 0 bridgehead atoms. The summed E-state index contributed by atoms with van der Waals surface area (Å²) in [6.07, 6.45) is 4.44. The van der Waals surface area contributed by atoms with Crippen molar-refractivity contribution in [1.82, 2.24) is 0 Å². The van der Waals surface area contributed by atoms with Crippen molar-refractivity contribution in [1.29, 1.82) is 0 Å². The Hall–Kier alpha value is -1.84. The number of carbonyl (C=O) groups is 2. The van der Waals surface area contributed by atoms with Crippen LogP contribution in [-0.4, -0.2) is 24.2 Å². The van der Waals surface area contributed by atoms with Gasteiger partial charge >= 0.3 is 11.9 Å². The maximum atomic E-state index is 11.5. The molecule has 1 aromatic carbocycles. The summed E-state index contributed by atoms with van der Waals surface area (Å²) in [4.78, 5) is 22.6. The third-order valence-corrected chi connectivity index (χ3v) is 3.45. The Kier molecular flexibility index (Phi) is 3.65. The van der Waals surface area contributed by atoms with Gasteiger partial charge in [0, 0.05) is 0 Å². The number of carboxylic acid groups (broad SMARTS) is 1. The van der Waals surface area contributed by atoms with Crippen LogP contribution in [0.2, 0.25) is 0 Å². The molecular weight excluding hydrogens is 232 g/mol. The molecule has 0 aliphatic heterocycles. The zero-order valence-electron chi connectivity index (χ0n) is 10.3. The molecule has 0 atom stereocenters. The van der Waals surface area contributed by atoms with Crippen molar-refractivity contribution in [2.45, 2.75) is 31.6 Å². The van der Waals surface area contributed by atoms with Gasteiger partial charge in [-0.3, -0.25) is 0 Å². The largest absolute Gasteiger partial charge is 0.478 e. The number of carboxylic acids is 1. The lowest BCUT2D eigenvalue weighted by Gasteiger charge is -2.12. The first-order chi connectivity index (χ1) is 8.61. The summed E-state index contributed by atoms with van der Waals surface area (Å²) >= 11 is 0. The van der Waals surface area contributed by atoms with Crippen molar-refractivity contribution in [3.05, 3.63) is 34.9 Å². The van der Waals surface area contributed by atoms with E-state index in [1.54, 1.807) is 12.1 Å². The second-order valence-electron chi connectivity index (χ2n) is 4.62. The first-order valence-corrected chi connectivity index (χ1v) is 6.08. The van der Waals surface area contributed by atoms with E-state index >= 15 is 0 Å². The molecule has 0 spiro atoms. The molecule has 0 amide bonds. The number of ether oxygens (including phenoxy) is 1. The number of rotatable bonds is 3. The van der Waals surface area contributed by atoms with Gasteiger partial charge < -0.3 is 9.84 Å². The molecule has 0 saturated heterocycles. The summed E-state index contributed by atoms with van der Waals surface area (Å²) in [5, 5.41) is 9.08. The Balaban J connectivity index is 2.42. The van der Waals surface area contributed by atoms with Gasteiger partial charge in [0.1, 0.15) is 0 Å². The van der Waals surface area contributed by atoms with Crippen LogP contribution in [0.4, 0.5) is 0 Å². The topological polar surface area (TPSA) is 63.6 Å². The maximum Gasteiger partial charge on any atom is 0.337 e. The van der Waals surface area contributed by atoms with Crippen LogP contribution in [0.1, 0.15) is 57.9 Å². The average molecular weight is 248 g/mol. The zero-order chi connectivity index (χ0) is 13.1. The summed E-state index contributed by atoms with van der Waals surface area (Å²) in [6, 6.07) is 4.80. The van der Waals surface area contributed by atoms with Crippen molar-refractivity contribution in [3.8, 4) is 0 Å². The number of hydrogen-bond acceptors (Lipinski definition) is 3. The van der Waals surface area contributed by atoms with E-state index in [0.717, 1.165) is 31.2 Å². The van der Waals surface area contributed by atoms with E-state index in [0.29, 0.717) is 11.5 Å². The summed E-state index contributed by atoms with van der Waals surface area (Å²) in [7, 11) is 1.30. The Morgan fingerprint density at radius 2 is 1.78 bits per heavy atom. The quantitative estimate of drug-likeness (QED) is 0.835. The first-order valence-electron chi connectivity index (χ1n) is 6.08. The molecule has 1 saturated carbocycles. The Labute approximate surface area is 106 Å². The molecule has 1 aromatic rings. The van der Waals surface area contributed by atoms with E-state index in [9.17, 15) is 9.59 Å². The summed E-state index contributed by atoms with van der Waals surface area (Å²) < 4.78 is 4.66. The minimum absolute atomic E-state index is 0.153. The fourth-order valence-corrected chi connectivity index (χ4v) is 2.51. The lowest BCUT2D eigenvalue weighted by molar-refractivity contribution is 0.0600. The van der Waals surface area contributed by atoms with E-state index in [1.165, 1.54) is 13.2 Å². The first kappa shape index (κ1) is 12.6. The molecule has 0 aromatic heterocycles. The van der Waals surface area contributed by atoms with Crippen molar-refractivity contribution < 1.29 is 19.4 Å². The molecular formula is C14H16O4. The predicted molar refractivity (Wildman–Crippen MR) is 65.9 cm³/mol. The second-order valence-corrected chi connectivity index (χ2v) is 4.62. The van der Waals surface area contributed by atoms with Gasteiger partial charge in [0.05, 0.1) is 18.2 Å². The maximum absolute atomic E-state index is 11.5. The number of carbonyl (C=O) groups excluding carboxylic acids is 1. The Morgan fingerprint density at radius 3 is 2.33 bits per heavy atom. The van der Waals surface area contributed by atoms with Gasteiger partial charge in [0.2, 0.25) is 0 Å². The number of aromatic carboxylic acids is 1. The highest BCUT2D eigenvalue weighted by Gasteiger charge is 2.20. The highest BCUT2D eigenvalue weighted by Crippen LogP contribution is 2.35. The van der Waals surface area contributed by atoms with E-state index in [2.05, 4.69) is 4.74 Å². The van der Waals surface area contributed by atoms with Crippen molar-refractivity contribution in [3.63, 3.8) is 0 Å². The summed E-state index contributed by atoms with van der Waals surface area (Å²) in [5.74, 6) is -1.13. The highest BCUT2D eigenvalue weighted by molar-refractivity contribution is 5.95. The fraction of sp³-hybridized carbons (Fsp3) is 0.429. The van der Waals surface area contributed by atoms with Gasteiger partial charge in [-0.25, -0.2) is 9.59 Å². The van der Waals surface area contributed by atoms with Crippen LogP contribution in [0.25, 0.3) is 0 Å². The molecule has 0 unspecified atom stereocenters. The minimum Gasteiger partial charge on any atom is -0.478 e. The molecule has 96 valence electrons. The third kappa shape index (κ3) is 2.53. The SMILES string of the molecule is COC(=O)c1cc(C(=O)O)cc(C2CCCC2)c1. The van der Waals surface area contributed by atoms with Gasteiger partial charge in [-0.1, -0.05) is 12.8 Å². The van der Waals surface area contributed by atoms with Gasteiger partial charge in [0.15, 0.2) is 0 Å². The van der Waals surface area contributed by atoms with E-state index in [-0.39, 0.29) is 5.56 Å². The van der Waals surface area contributed by atoms with Gasteiger partial charge in [0.25, 0.3) is 0 Å². The summed E-state index contributed by atoms with van der Waals surface area (Å²) in [5.41, 5.74) is 1.41. The van der Waals surface area contributed by atoms with Gasteiger partial charge in [-0.2, -0.15) is 0 Å². The Morgan fingerprint density at radius 1 is 1.17 bits per heavy atom. The van der Waals surface area contributed by atoms with Crippen LogP contribution in [0.5, 0.6) is 0 Å². The third-order valence-electron chi connectivity index (χ3n) is 3.45. The molecule has 1 aliphatic rings. The molecule has 1 aliphatic carbocycles. The van der Waals surface area contributed by atoms with Crippen molar-refractivity contribution >= 4 is 11.9 Å². The lowest BCUT2D eigenvalue weighted by atomic mass is 9.94. The predicted octanol–water partition coefficient (Wildman–Crippen LogP) is 2.83. The van der Waals surface area contributed by atoms with Crippen molar-refractivity contribution in [2.24, 2.45) is 0 Å². The second kappa shape index (κ2) is 5.21. The van der Waals surface area contributed by atoms with Crippen LogP contribution in [0, 0.1) is 0 Å². The molecule has 4 nitrogen and oxygen atoms in total. The molecule has 1 fully saturated rings. The minimum atomic E-state index is -1.01. The van der Waals surface area contributed by atoms with Crippen LogP contribution >= 0.6 is 0 Å². The molecule has 0 heterocycles. The van der Waals surface area contributed by atoms with E-state index in [4.69, 9.17) is 5.11 Å². The molecule has 2 rings (SSSR count). The number of benzene rings is 1. The van der Waals surface area contributed by atoms with Crippen LogP contribution in [0.3, 0.4) is 0 Å². The molecule has 18 heavy (non-hydrogen) atoms. The number of methoxy groups -OCH3 is 1. The smallest absolute Gasteiger partial charge is 0.337 e. The zero-order valence-corrected chi connectivity index (χ0v) is 10.3. The van der Waals surface area contributed by atoms with Crippen LogP contribution in [-0.2, 0) is 4.74 Å². The van der Waals surface area contributed by atoms with E-state index in [1.807, 2.05) is 0 Å². The summed E-state index contributed by atoms with van der Waals surface area (Å²) in [6.45, 7) is 0. The fourth-order valence-electron chi connectivity index (χ4n) is 2.51.